The van der Waals surface area contributed by atoms with Crippen LogP contribution in [0, 0.1) is 6.92 Å². The van der Waals surface area contributed by atoms with Gasteiger partial charge < -0.3 is 14.8 Å². The maximum atomic E-state index is 12.6. The van der Waals surface area contributed by atoms with E-state index in [4.69, 9.17) is 0 Å². The summed E-state index contributed by atoms with van der Waals surface area (Å²) < 4.78 is 1.43. The van der Waals surface area contributed by atoms with E-state index in [2.05, 4.69) is 27.3 Å². The summed E-state index contributed by atoms with van der Waals surface area (Å²) in [6, 6.07) is 8.18. The number of carbonyl (C=O) groups is 1. The third kappa shape index (κ3) is 3.68. The number of thiophene rings is 1. The highest BCUT2D eigenvalue weighted by Crippen LogP contribution is 2.26. The number of aromatic nitrogens is 2. The van der Waals surface area contributed by atoms with Crippen molar-refractivity contribution >= 4 is 27.5 Å². The molecule has 1 amide bonds. The van der Waals surface area contributed by atoms with Gasteiger partial charge in [-0.15, -0.1) is 11.3 Å². The van der Waals surface area contributed by atoms with Crippen LogP contribution in [-0.4, -0.2) is 34.5 Å². The molecule has 0 aliphatic heterocycles. The highest BCUT2D eigenvalue weighted by atomic mass is 32.1. The van der Waals surface area contributed by atoms with E-state index >= 15 is 0 Å². The van der Waals surface area contributed by atoms with E-state index in [0.29, 0.717) is 27.2 Å². The minimum atomic E-state index is -0.176. The fourth-order valence-electron chi connectivity index (χ4n) is 2.82. The first-order chi connectivity index (χ1) is 12.4. The Morgan fingerprint density at radius 2 is 1.88 bits per heavy atom. The molecule has 7 heteroatoms. The Hall–Kier alpha value is -2.51. The molecule has 0 aliphatic rings. The van der Waals surface area contributed by atoms with Crippen LogP contribution in [0.4, 0.5) is 0 Å². The minimum absolute atomic E-state index is 0.126. The van der Waals surface area contributed by atoms with E-state index in [-0.39, 0.29) is 11.5 Å². The predicted octanol–water partition coefficient (Wildman–Crippen LogP) is 2.30. The van der Waals surface area contributed by atoms with Crippen LogP contribution in [0.1, 0.15) is 26.4 Å². The molecular formula is C19H22N4O2S. The number of hydrogen-bond donors (Lipinski definition) is 1. The lowest BCUT2D eigenvalue weighted by Crippen LogP contribution is -2.23. The monoisotopic (exact) mass is 370 g/mol. The second-order valence-electron chi connectivity index (χ2n) is 6.63. The highest BCUT2D eigenvalue weighted by Gasteiger charge is 2.18. The van der Waals surface area contributed by atoms with Crippen LogP contribution < -0.4 is 10.9 Å². The van der Waals surface area contributed by atoms with Crippen molar-refractivity contribution in [2.24, 2.45) is 7.05 Å². The second-order valence-corrected chi connectivity index (χ2v) is 7.63. The van der Waals surface area contributed by atoms with Gasteiger partial charge in [0.1, 0.15) is 4.83 Å². The molecule has 2 aromatic heterocycles. The van der Waals surface area contributed by atoms with E-state index < -0.39 is 0 Å². The summed E-state index contributed by atoms with van der Waals surface area (Å²) in [5, 5.41) is 3.46. The van der Waals surface area contributed by atoms with Gasteiger partial charge in [-0.3, -0.25) is 9.59 Å². The third-order valence-electron chi connectivity index (χ3n) is 4.19. The van der Waals surface area contributed by atoms with Crippen LogP contribution in [0.3, 0.4) is 0 Å². The average Bonchev–Trinajstić information content (AvgIpc) is 2.94. The van der Waals surface area contributed by atoms with Gasteiger partial charge in [-0.1, -0.05) is 24.3 Å². The minimum Gasteiger partial charge on any atom is -0.347 e. The smallest absolute Gasteiger partial charge is 0.262 e. The van der Waals surface area contributed by atoms with Crippen LogP contribution in [0.2, 0.25) is 0 Å². The van der Waals surface area contributed by atoms with Gasteiger partial charge in [0.05, 0.1) is 16.6 Å². The maximum absolute atomic E-state index is 12.6. The largest absolute Gasteiger partial charge is 0.347 e. The number of nitrogens with zero attached hydrogens (tertiary/aromatic N) is 3. The number of amides is 1. The van der Waals surface area contributed by atoms with Crippen molar-refractivity contribution in [3.8, 4) is 0 Å². The van der Waals surface area contributed by atoms with Crippen molar-refractivity contribution in [1.82, 2.24) is 19.8 Å². The summed E-state index contributed by atoms with van der Waals surface area (Å²) >= 11 is 1.26. The zero-order valence-corrected chi connectivity index (χ0v) is 16.2. The molecule has 0 bridgehead atoms. The fourth-order valence-corrected chi connectivity index (χ4v) is 3.87. The Balaban J connectivity index is 1.74. The summed E-state index contributed by atoms with van der Waals surface area (Å²) in [6.07, 6.45) is 1.48. The van der Waals surface area contributed by atoms with Gasteiger partial charge in [0.2, 0.25) is 0 Å². The quantitative estimate of drug-likeness (QED) is 0.748. The lowest BCUT2D eigenvalue weighted by atomic mass is 10.1. The van der Waals surface area contributed by atoms with Crippen LogP contribution in [0.15, 0.2) is 35.4 Å². The molecule has 0 atom stereocenters. The van der Waals surface area contributed by atoms with E-state index in [9.17, 15) is 9.59 Å². The Morgan fingerprint density at radius 3 is 2.54 bits per heavy atom. The molecular weight excluding hydrogens is 348 g/mol. The van der Waals surface area contributed by atoms with Gasteiger partial charge >= 0.3 is 0 Å². The van der Waals surface area contributed by atoms with Crippen LogP contribution in [-0.2, 0) is 20.1 Å². The van der Waals surface area contributed by atoms with E-state index in [1.807, 2.05) is 26.2 Å². The molecule has 0 aliphatic carbocycles. The molecule has 0 radical (unpaired) electrons. The van der Waals surface area contributed by atoms with Gasteiger partial charge in [0.15, 0.2) is 0 Å². The Bertz CT molecular complexity index is 1000. The topological polar surface area (TPSA) is 67.2 Å². The van der Waals surface area contributed by atoms with Gasteiger partial charge in [-0.25, -0.2) is 4.98 Å². The standard InChI is InChI=1S/C19H22N4O2S/c1-12-15-18(21-11-23(4)19(15)25)26-16(12)17(24)20-9-13-5-7-14(8-6-13)10-22(2)3/h5-8,11H,9-10H2,1-4H3,(H,20,24). The molecule has 0 saturated heterocycles. The number of nitrogens with one attached hydrogen (secondary N) is 1. The summed E-state index contributed by atoms with van der Waals surface area (Å²) in [6.45, 7) is 3.13. The fraction of sp³-hybridized carbons (Fsp3) is 0.316. The molecule has 1 N–H and O–H groups in total. The van der Waals surface area contributed by atoms with Crippen LogP contribution in [0.25, 0.3) is 10.2 Å². The van der Waals surface area contributed by atoms with Crippen LogP contribution in [0.5, 0.6) is 0 Å². The molecule has 0 spiro atoms. The number of carbonyl (C=O) groups excluding carboxylic acids is 1. The van der Waals surface area contributed by atoms with Gasteiger partial charge in [-0.05, 0) is 37.7 Å². The highest BCUT2D eigenvalue weighted by molar-refractivity contribution is 7.20. The number of rotatable bonds is 5. The molecule has 136 valence electrons. The lowest BCUT2D eigenvalue weighted by molar-refractivity contribution is 0.0954. The number of benzene rings is 1. The first-order valence-electron chi connectivity index (χ1n) is 8.32. The molecule has 2 heterocycles. The summed E-state index contributed by atoms with van der Waals surface area (Å²) in [7, 11) is 5.72. The molecule has 3 rings (SSSR count). The van der Waals surface area contributed by atoms with Crippen molar-refractivity contribution in [2.75, 3.05) is 14.1 Å². The summed E-state index contributed by atoms with van der Waals surface area (Å²) in [5.74, 6) is -0.176. The number of aryl methyl sites for hydroxylation is 2. The Labute approximate surface area is 156 Å². The Kier molecular flexibility index (Phi) is 5.20. The van der Waals surface area contributed by atoms with Gasteiger partial charge in [0, 0.05) is 20.1 Å². The molecule has 0 unspecified atom stereocenters. The second kappa shape index (κ2) is 7.39. The first-order valence-corrected chi connectivity index (χ1v) is 9.14. The first kappa shape index (κ1) is 18.3. The van der Waals surface area contributed by atoms with Crippen molar-refractivity contribution in [2.45, 2.75) is 20.0 Å². The van der Waals surface area contributed by atoms with E-state index in [1.165, 1.54) is 27.8 Å². The molecule has 0 saturated carbocycles. The number of hydrogen-bond acceptors (Lipinski definition) is 5. The molecule has 26 heavy (non-hydrogen) atoms. The Morgan fingerprint density at radius 1 is 1.23 bits per heavy atom. The van der Waals surface area contributed by atoms with E-state index in [0.717, 1.165) is 12.1 Å². The van der Waals surface area contributed by atoms with Gasteiger partial charge in [0.25, 0.3) is 11.5 Å². The lowest BCUT2D eigenvalue weighted by Gasteiger charge is -2.10. The summed E-state index contributed by atoms with van der Waals surface area (Å²) in [5.41, 5.74) is 2.83. The van der Waals surface area contributed by atoms with Crippen molar-refractivity contribution in [3.63, 3.8) is 0 Å². The van der Waals surface area contributed by atoms with Gasteiger partial charge in [-0.2, -0.15) is 0 Å². The van der Waals surface area contributed by atoms with Crippen molar-refractivity contribution in [3.05, 3.63) is 62.5 Å². The molecule has 0 fully saturated rings. The third-order valence-corrected chi connectivity index (χ3v) is 5.39. The summed E-state index contributed by atoms with van der Waals surface area (Å²) in [4.78, 5) is 32.3. The zero-order valence-electron chi connectivity index (χ0n) is 15.4. The van der Waals surface area contributed by atoms with Crippen molar-refractivity contribution < 1.29 is 4.79 Å². The van der Waals surface area contributed by atoms with Crippen molar-refractivity contribution in [1.29, 1.82) is 0 Å². The normalized spacial score (nSPS) is 11.3. The van der Waals surface area contributed by atoms with Crippen LogP contribution >= 0.6 is 11.3 Å². The SMILES string of the molecule is Cc1c(C(=O)NCc2ccc(CN(C)C)cc2)sc2ncn(C)c(=O)c12. The molecule has 6 nitrogen and oxygen atoms in total. The average molecular weight is 370 g/mol. The molecule has 3 aromatic rings. The maximum Gasteiger partial charge on any atom is 0.262 e. The zero-order chi connectivity index (χ0) is 18.8. The molecule has 1 aromatic carbocycles. The van der Waals surface area contributed by atoms with E-state index in [1.54, 1.807) is 14.0 Å². The predicted molar refractivity (Wildman–Crippen MR) is 105 cm³/mol. The number of fused-ring (bicyclic) bond motifs is 1.